The van der Waals surface area contributed by atoms with E-state index in [1.165, 1.54) is 41.4 Å². The summed E-state index contributed by atoms with van der Waals surface area (Å²) in [5.41, 5.74) is -0.871. The van der Waals surface area contributed by atoms with E-state index >= 15 is 0 Å². The number of rotatable bonds is 7. The number of nitrogens with zero attached hydrogens (tertiary/aromatic N) is 4. The lowest BCUT2D eigenvalue weighted by Gasteiger charge is -2.29. The summed E-state index contributed by atoms with van der Waals surface area (Å²) in [5, 5.41) is 2.53. The van der Waals surface area contributed by atoms with Crippen LogP contribution in [0, 0.1) is 11.7 Å². The van der Waals surface area contributed by atoms with Gasteiger partial charge in [0.15, 0.2) is 5.69 Å². The van der Waals surface area contributed by atoms with Gasteiger partial charge in [0.25, 0.3) is 6.01 Å². The molecule has 2 aliphatic heterocycles. The molecule has 41 heavy (non-hydrogen) atoms. The van der Waals surface area contributed by atoms with Gasteiger partial charge in [-0.15, -0.1) is 0 Å². The quantitative estimate of drug-likeness (QED) is 0.290. The summed E-state index contributed by atoms with van der Waals surface area (Å²) >= 11 is 0. The van der Waals surface area contributed by atoms with Crippen LogP contribution in [0.1, 0.15) is 48.0 Å². The zero-order valence-electron chi connectivity index (χ0n) is 22.3. The third-order valence-electron chi connectivity index (χ3n) is 7.06. The van der Waals surface area contributed by atoms with Crippen LogP contribution in [0.15, 0.2) is 47.0 Å². The number of anilines is 2. The highest BCUT2D eigenvalue weighted by atomic mass is 19.4. The van der Waals surface area contributed by atoms with Crippen LogP contribution < -0.4 is 15.0 Å². The molecule has 2 atom stereocenters. The molecule has 13 heteroatoms. The van der Waals surface area contributed by atoms with Gasteiger partial charge in [-0.25, -0.2) is 14.2 Å². The van der Waals surface area contributed by atoms with E-state index in [0.29, 0.717) is 31.6 Å². The van der Waals surface area contributed by atoms with Crippen molar-refractivity contribution in [1.82, 2.24) is 14.9 Å². The molecule has 0 saturated carbocycles. The number of hydrogen-bond acceptors (Lipinski definition) is 7. The Morgan fingerprint density at radius 1 is 1.12 bits per heavy atom. The van der Waals surface area contributed by atoms with E-state index in [2.05, 4.69) is 15.3 Å². The Kier molecular flexibility index (Phi) is 8.13. The number of carbonyl (C=O) groups excluding carboxylic acids is 2. The van der Waals surface area contributed by atoms with Gasteiger partial charge in [-0.1, -0.05) is 25.1 Å². The minimum atomic E-state index is -4.84. The molecule has 5 rings (SSSR count). The number of para-hydroxylation sites is 1. The molecule has 1 N–H and O–H groups in total. The topological polar surface area (TPSA) is 101 Å². The number of piperidine rings is 1. The Morgan fingerprint density at radius 2 is 1.93 bits per heavy atom. The lowest BCUT2D eigenvalue weighted by molar-refractivity contribution is -0.141. The van der Waals surface area contributed by atoms with Crippen molar-refractivity contribution >= 4 is 23.5 Å². The lowest BCUT2D eigenvalue weighted by atomic mass is 10.0. The minimum absolute atomic E-state index is 0.0821. The number of aromatic nitrogens is 2. The molecule has 2 aliphatic rings. The zero-order valence-corrected chi connectivity index (χ0v) is 22.3. The van der Waals surface area contributed by atoms with E-state index in [1.807, 2.05) is 6.92 Å². The van der Waals surface area contributed by atoms with Gasteiger partial charge in [-0.3, -0.25) is 4.79 Å². The number of oxazole rings is 1. The molecule has 2 aromatic heterocycles. The Labute approximate surface area is 233 Å². The summed E-state index contributed by atoms with van der Waals surface area (Å²) in [5.74, 6) is -1.70. The van der Waals surface area contributed by atoms with Crippen molar-refractivity contribution < 1.29 is 36.3 Å². The van der Waals surface area contributed by atoms with Crippen LogP contribution in [0.2, 0.25) is 0 Å². The van der Waals surface area contributed by atoms with Crippen LogP contribution in [0.4, 0.5) is 34.1 Å². The zero-order chi connectivity index (χ0) is 29.1. The first-order chi connectivity index (χ1) is 19.6. The van der Waals surface area contributed by atoms with Crippen LogP contribution in [-0.4, -0.2) is 59.0 Å². The summed E-state index contributed by atoms with van der Waals surface area (Å²) in [6.07, 6.45) is -1.93. The summed E-state index contributed by atoms with van der Waals surface area (Å²) < 4.78 is 66.1. The maximum atomic E-state index is 13.8. The molecule has 0 radical (unpaired) electrons. The molecule has 0 aliphatic carbocycles. The highest BCUT2D eigenvalue weighted by Crippen LogP contribution is 2.35. The summed E-state index contributed by atoms with van der Waals surface area (Å²) in [7, 11) is 0. The molecule has 2 saturated heterocycles. The van der Waals surface area contributed by atoms with Crippen molar-refractivity contribution in [3.63, 3.8) is 0 Å². The van der Waals surface area contributed by atoms with Gasteiger partial charge in [0.2, 0.25) is 17.4 Å². The number of benzene rings is 1. The van der Waals surface area contributed by atoms with Crippen molar-refractivity contribution in [3.05, 3.63) is 65.4 Å². The molecule has 1 unspecified atom stereocenters. The van der Waals surface area contributed by atoms with Gasteiger partial charge in [-0.2, -0.15) is 18.2 Å². The molecule has 218 valence electrons. The van der Waals surface area contributed by atoms with Gasteiger partial charge in [0.1, 0.15) is 11.9 Å². The number of alkyl halides is 3. The SMILES string of the molecule is CC1CCCN(c2nc(C(F)(F)F)c(C(=O)Cc3ccc(O[C@@H]4CCN(C(=O)Nc5ccccc5F)C4)nc3)o2)C1. The normalized spacial score (nSPS) is 19.3. The maximum absolute atomic E-state index is 13.8. The Bertz CT molecular complexity index is 1390. The van der Waals surface area contributed by atoms with Crippen molar-refractivity contribution in [2.24, 2.45) is 5.92 Å². The number of ketones is 1. The fourth-order valence-corrected chi connectivity index (χ4v) is 4.98. The molecule has 3 aromatic rings. The molecule has 1 aromatic carbocycles. The van der Waals surface area contributed by atoms with E-state index < -0.39 is 35.3 Å². The Balaban J connectivity index is 1.18. The second-order valence-electron chi connectivity index (χ2n) is 10.4. The highest BCUT2D eigenvalue weighted by molar-refractivity contribution is 5.96. The second-order valence-corrected chi connectivity index (χ2v) is 10.4. The number of pyridine rings is 1. The smallest absolute Gasteiger partial charge is 0.437 e. The molecule has 4 heterocycles. The summed E-state index contributed by atoms with van der Waals surface area (Å²) in [6, 6.07) is 8.26. The lowest BCUT2D eigenvalue weighted by Crippen LogP contribution is -2.34. The van der Waals surface area contributed by atoms with Gasteiger partial charge >= 0.3 is 12.2 Å². The molecule has 9 nitrogen and oxygen atoms in total. The third-order valence-corrected chi connectivity index (χ3v) is 7.06. The number of likely N-dealkylation sites (tertiary alicyclic amines) is 1. The molecule has 0 bridgehead atoms. The van der Waals surface area contributed by atoms with Crippen LogP contribution in [0.5, 0.6) is 5.88 Å². The van der Waals surface area contributed by atoms with Crippen LogP contribution >= 0.6 is 0 Å². The number of Topliss-reactive ketones (excluding diaryl/α,β-unsaturated/α-hetero) is 1. The fraction of sp³-hybridized carbons (Fsp3) is 0.429. The second kappa shape index (κ2) is 11.8. The van der Waals surface area contributed by atoms with Gasteiger partial charge < -0.3 is 24.3 Å². The number of hydrogen-bond donors (Lipinski definition) is 1. The summed E-state index contributed by atoms with van der Waals surface area (Å²) in [6.45, 7) is 3.67. The number of amides is 2. The van der Waals surface area contributed by atoms with E-state index in [1.54, 1.807) is 11.0 Å². The van der Waals surface area contributed by atoms with Crippen molar-refractivity contribution in [3.8, 4) is 5.88 Å². The molecular weight excluding hydrogens is 546 g/mol. The maximum Gasteiger partial charge on any atom is 0.437 e. The standard InChI is InChI=1S/C28H29F4N5O4/c1-17-5-4-11-37(15-17)27-35-25(28(30,31)32)24(41-27)22(38)13-18-8-9-23(33-14-18)40-19-10-12-36(16-19)26(39)34-21-7-3-2-6-20(21)29/h2-3,6-9,14,17,19H,4-5,10-13,15-16H2,1H3,(H,34,39)/t17?,19-/m1/s1. The average Bonchev–Trinajstić information content (AvgIpc) is 3.59. The van der Waals surface area contributed by atoms with Gasteiger partial charge in [-0.05, 0) is 36.5 Å². The average molecular weight is 576 g/mol. The molecule has 0 spiro atoms. The van der Waals surface area contributed by atoms with E-state index in [-0.39, 0.29) is 42.6 Å². The van der Waals surface area contributed by atoms with E-state index in [0.717, 1.165) is 12.8 Å². The molecular formula is C28H29F4N5O4. The summed E-state index contributed by atoms with van der Waals surface area (Å²) in [4.78, 5) is 36.3. The van der Waals surface area contributed by atoms with Crippen LogP contribution in [0.25, 0.3) is 0 Å². The first kappa shape index (κ1) is 28.4. The van der Waals surface area contributed by atoms with Gasteiger partial charge in [0.05, 0.1) is 12.2 Å². The third kappa shape index (κ3) is 6.77. The predicted octanol–water partition coefficient (Wildman–Crippen LogP) is 5.57. The number of urea groups is 1. The number of carbonyl (C=O) groups is 2. The number of halogens is 4. The minimum Gasteiger partial charge on any atom is -0.472 e. The number of nitrogens with one attached hydrogen (secondary N) is 1. The first-order valence-electron chi connectivity index (χ1n) is 13.3. The molecule has 2 fully saturated rings. The van der Waals surface area contributed by atoms with Crippen molar-refractivity contribution in [2.45, 2.75) is 44.9 Å². The highest BCUT2D eigenvalue weighted by Gasteiger charge is 2.42. The first-order valence-corrected chi connectivity index (χ1v) is 13.3. The number of ether oxygens (including phenoxy) is 1. The van der Waals surface area contributed by atoms with Crippen molar-refractivity contribution in [1.29, 1.82) is 0 Å². The Hall–Kier alpha value is -4.16. The van der Waals surface area contributed by atoms with Crippen molar-refractivity contribution in [2.75, 3.05) is 36.4 Å². The monoisotopic (exact) mass is 575 g/mol. The fourth-order valence-electron chi connectivity index (χ4n) is 4.98. The van der Waals surface area contributed by atoms with Crippen LogP contribution in [-0.2, 0) is 12.6 Å². The Morgan fingerprint density at radius 3 is 2.63 bits per heavy atom. The molecule has 2 amide bonds. The predicted molar refractivity (Wildman–Crippen MR) is 140 cm³/mol. The van der Waals surface area contributed by atoms with E-state index in [4.69, 9.17) is 9.15 Å². The van der Waals surface area contributed by atoms with E-state index in [9.17, 15) is 27.2 Å². The van der Waals surface area contributed by atoms with Gasteiger partial charge in [0, 0.05) is 44.7 Å². The van der Waals surface area contributed by atoms with Crippen LogP contribution in [0.3, 0.4) is 0 Å². The largest absolute Gasteiger partial charge is 0.472 e.